The van der Waals surface area contributed by atoms with Gasteiger partial charge in [0.2, 0.25) is 10.0 Å². The van der Waals surface area contributed by atoms with E-state index >= 15 is 0 Å². The van der Waals surface area contributed by atoms with E-state index in [1.807, 2.05) is 30.3 Å². The van der Waals surface area contributed by atoms with Gasteiger partial charge in [0, 0.05) is 12.6 Å². The summed E-state index contributed by atoms with van der Waals surface area (Å²) in [5.41, 5.74) is 0.820. The normalized spacial score (nSPS) is 15.8. The number of rotatable bonds is 8. The van der Waals surface area contributed by atoms with E-state index in [9.17, 15) is 8.42 Å². The van der Waals surface area contributed by atoms with E-state index in [4.69, 9.17) is 0 Å². The van der Waals surface area contributed by atoms with Crippen molar-refractivity contribution < 1.29 is 8.42 Å². The molecule has 0 aromatic heterocycles. The van der Waals surface area contributed by atoms with Gasteiger partial charge in [0.25, 0.3) is 0 Å². The first kappa shape index (κ1) is 13.5. The van der Waals surface area contributed by atoms with Crippen LogP contribution >= 0.6 is 0 Å². The van der Waals surface area contributed by atoms with E-state index in [2.05, 4.69) is 10.0 Å². The predicted octanol–water partition coefficient (Wildman–Crippen LogP) is 1.25. The Morgan fingerprint density at radius 2 is 1.83 bits per heavy atom. The van der Waals surface area contributed by atoms with Gasteiger partial charge in [-0.15, -0.1) is 0 Å². The maximum Gasteiger partial charge on any atom is 0.215 e. The van der Waals surface area contributed by atoms with Gasteiger partial charge in [0.05, 0.1) is 5.75 Å². The summed E-state index contributed by atoms with van der Waals surface area (Å²) >= 11 is 0. The molecule has 0 spiro atoms. The fourth-order valence-electron chi connectivity index (χ4n) is 1.75. The molecule has 0 bridgehead atoms. The predicted molar refractivity (Wildman–Crippen MR) is 72.7 cm³/mol. The molecule has 2 N–H and O–H groups in total. The molecule has 1 fully saturated rings. The van der Waals surface area contributed by atoms with Crippen LogP contribution in [0.15, 0.2) is 30.3 Å². The third-order valence-electron chi connectivity index (χ3n) is 2.89. The van der Waals surface area contributed by atoms with E-state index in [0.29, 0.717) is 12.6 Å². The lowest BCUT2D eigenvalue weighted by molar-refractivity contribution is 0.572. The topological polar surface area (TPSA) is 58.2 Å². The second-order valence-corrected chi connectivity index (χ2v) is 6.53. The lowest BCUT2D eigenvalue weighted by atomic mass is 10.2. The zero-order valence-corrected chi connectivity index (χ0v) is 11.2. The maximum atomic E-state index is 11.8. The number of sulfonamides is 1. The summed E-state index contributed by atoms with van der Waals surface area (Å²) in [6.45, 7) is 1.40. The number of nitrogens with one attached hydrogen (secondary N) is 2. The molecule has 1 aliphatic carbocycles. The fraction of sp³-hybridized carbons (Fsp3) is 0.538. The summed E-state index contributed by atoms with van der Waals surface area (Å²) in [6.07, 6.45) is 3.37. The van der Waals surface area contributed by atoms with Crippen LogP contribution in [-0.4, -0.2) is 27.5 Å². The Labute approximate surface area is 109 Å². The smallest absolute Gasteiger partial charge is 0.215 e. The molecule has 2 rings (SSSR count). The van der Waals surface area contributed by atoms with E-state index in [1.54, 1.807) is 0 Å². The third kappa shape index (κ3) is 5.16. The molecule has 5 heteroatoms. The minimum absolute atomic E-state index is 0.0594. The molecule has 0 aliphatic heterocycles. The Hall–Kier alpha value is -0.910. The Balaban J connectivity index is 1.66. The van der Waals surface area contributed by atoms with E-state index in [1.165, 1.54) is 12.8 Å². The van der Waals surface area contributed by atoms with E-state index in [-0.39, 0.29) is 5.75 Å². The molecule has 18 heavy (non-hydrogen) atoms. The molecular formula is C13H20N2O2S. The van der Waals surface area contributed by atoms with Crippen LogP contribution in [-0.2, 0) is 15.8 Å². The lowest BCUT2D eigenvalue weighted by Gasteiger charge is -2.07. The van der Waals surface area contributed by atoms with Gasteiger partial charge in [0.15, 0.2) is 0 Å². The Morgan fingerprint density at radius 3 is 2.50 bits per heavy atom. The van der Waals surface area contributed by atoms with E-state index in [0.717, 1.165) is 18.5 Å². The number of benzene rings is 1. The van der Waals surface area contributed by atoms with E-state index < -0.39 is 10.0 Å². The minimum Gasteiger partial charge on any atom is -0.314 e. The van der Waals surface area contributed by atoms with Gasteiger partial charge in [-0.25, -0.2) is 13.1 Å². The van der Waals surface area contributed by atoms with Gasteiger partial charge in [-0.05, 0) is 31.4 Å². The van der Waals surface area contributed by atoms with Gasteiger partial charge < -0.3 is 5.32 Å². The largest absolute Gasteiger partial charge is 0.314 e. The number of hydrogen-bond donors (Lipinski definition) is 2. The van der Waals surface area contributed by atoms with Crippen molar-refractivity contribution in [2.24, 2.45) is 0 Å². The molecule has 0 saturated heterocycles. The first-order chi connectivity index (χ1) is 8.66. The highest BCUT2D eigenvalue weighted by Gasteiger charge is 2.19. The van der Waals surface area contributed by atoms with Crippen LogP contribution in [0.1, 0.15) is 24.8 Å². The zero-order chi connectivity index (χ0) is 12.8. The molecule has 1 aromatic rings. The molecule has 0 amide bonds. The minimum atomic E-state index is -3.20. The number of hydrogen-bond acceptors (Lipinski definition) is 3. The summed E-state index contributed by atoms with van der Waals surface area (Å²) in [5.74, 6) is 0.0594. The van der Waals surface area contributed by atoms with Crippen LogP contribution in [0.4, 0.5) is 0 Å². The van der Waals surface area contributed by atoms with Crippen molar-refractivity contribution in [3.05, 3.63) is 35.9 Å². The summed E-state index contributed by atoms with van der Waals surface area (Å²) in [5, 5.41) is 3.36. The van der Waals surface area contributed by atoms with Gasteiger partial charge in [-0.2, -0.15) is 0 Å². The monoisotopic (exact) mass is 268 g/mol. The Kier molecular flexibility index (Phi) is 4.74. The summed E-state index contributed by atoms with van der Waals surface area (Å²) in [4.78, 5) is 0. The highest BCUT2D eigenvalue weighted by atomic mass is 32.2. The molecule has 1 aliphatic rings. The van der Waals surface area contributed by atoms with Crippen molar-refractivity contribution in [3.8, 4) is 0 Å². The van der Waals surface area contributed by atoms with Gasteiger partial charge in [-0.3, -0.25) is 0 Å². The fourth-order valence-corrected chi connectivity index (χ4v) is 2.94. The van der Waals surface area contributed by atoms with Crippen molar-refractivity contribution in [1.29, 1.82) is 0 Å². The van der Waals surface area contributed by atoms with Crippen LogP contribution in [0.25, 0.3) is 0 Å². The molecule has 4 nitrogen and oxygen atoms in total. The van der Waals surface area contributed by atoms with Crippen LogP contribution in [0, 0.1) is 0 Å². The van der Waals surface area contributed by atoms with Crippen molar-refractivity contribution >= 4 is 10.0 Å². The van der Waals surface area contributed by atoms with Crippen LogP contribution < -0.4 is 10.0 Å². The maximum absolute atomic E-state index is 11.8. The van der Waals surface area contributed by atoms with Crippen molar-refractivity contribution in [2.45, 2.75) is 31.1 Å². The molecular weight excluding hydrogens is 248 g/mol. The second-order valence-electron chi connectivity index (χ2n) is 4.72. The van der Waals surface area contributed by atoms with Gasteiger partial charge in [0.1, 0.15) is 0 Å². The van der Waals surface area contributed by atoms with Crippen LogP contribution in [0.5, 0.6) is 0 Å². The molecule has 1 saturated carbocycles. The molecule has 100 valence electrons. The van der Waals surface area contributed by atoms with Crippen molar-refractivity contribution in [2.75, 3.05) is 13.1 Å². The highest BCUT2D eigenvalue weighted by Crippen LogP contribution is 2.18. The lowest BCUT2D eigenvalue weighted by Crippen LogP contribution is -2.29. The summed E-state index contributed by atoms with van der Waals surface area (Å²) < 4.78 is 26.2. The highest BCUT2D eigenvalue weighted by molar-refractivity contribution is 7.88. The molecule has 0 atom stereocenters. The van der Waals surface area contributed by atoms with Crippen molar-refractivity contribution in [3.63, 3.8) is 0 Å². The first-order valence-corrected chi connectivity index (χ1v) is 8.05. The third-order valence-corrected chi connectivity index (χ3v) is 4.24. The Bertz CT molecular complexity index is 455. The second kappa shape index (κ2) is 6.31. The molecule has 0 radical (unpaired) electrons. The average Bonchev–Trinajstić information content (AvgIpc) is 3.13. The summed E-state index contributed by atoms with van der Waals surface area (Å²) in [6, 6.07) is 9.93. The quantitative estimate of drug-likeness (QED) is 0.698. The first-order valence-electron chi connectivity index (χ1n) is 6.40. The molecule has 1 aromatic carbocycles. The van der Waals surface area contributed by atoms with Crippen LogP contribution in [0.2, 0.25) is 0 Å². The summed E-state index contributed by atoms with van der Waals surface area (Å²) in [7, 11) is -3.20. The van der Waals surface area contributed by atoms with Gasteiger partial charge in [-0.1, -0.05) is 30.3 Å². The average molecular weight is 268 g/mol. The standard InChI is InChI=1S/C13H20N2O2S/c16-18(17,11-12-5-2-1-3-6-12)15-10-4-9-14-13-7-8-13/h1-3,5-6,13-15H,4,7-11H2. The zero-order valence-electron chi connectivity index (χ0n) is 10.4. The molecule has 0 unspecified atom stereocenters. The SMILES string of the molecule is O=S(=O)(Cc1ccccc1)NCCCNC1CC1. The molecule has 0 heterocycles. The van der Waals surface area contributed by atoms with Crippen LogP contribution in [0.3, 0.4) is 0 Å². The van der Waals surface area contributed by atoms with Gasteiger partial charge >= 0.3 is 0 Å². The Morgan fingerprint density at radius 1 is 1.11 bits per heavy atom. The van der Waals surface area contributed by atoms with Crippen molar-refractivity contribution in [1.82, 2.24) is 10.0 Å².